The fourth-order valence-electron chi connectivity index (χ4n) is 3.35. The number of amides is 1. The van der Waals surface area contributed by atoms with Crippen LogP contribution in [-0.2, 0) is 17.8 Å². The minimum Gasteiger partial charge on any atom is -0.494 e. The van der Waals surface area contributed by atoms with Gasteiger partial charge in [-0.15, -0.1) is 0 Å². The Kier molecular flexibility index (Phi) is 6.81. The van der Waals surface area contributed by atoms with Crippen molar-refractivity contribution in [2.45, 2.75) is 45.9 Å². The number of carbonyl (C=O) groups is 1. The van der Waals surface area contributed by atoms with E-state index in [1.54, 1.807) is 0 Å². The maximum absolute atomic E-state index is 12.3. The maximum Gasteiger partial charge on any atom is 0.234 e. The quantitative estimate of drug-likeness (QED) is 0.699. The van der Waals surface area contributed by atoms with Crippen molar-refractivity contribution in [1.29, 1.82) is 0 Å². The van der Waals surface area contributed by atoms with Gasteiger partial charge in [-0.25, -0.2) is 0 Å². The Labute approximate surface area is 171 Å². The zero-order valence-electron chi connectivity index (χ0n) is 16.5. The van der Waals surface area contributed by atoms with Gasteiger partial charge in [0.15, 0.2) is 0 Å². The molecule has 2 atom stereocenters. The van der Waals surface area contributed by atoms with E-state index in [4.69, 9.17) is 21.1 Å². The van der Waals surface area contributed by atoms with Crippen LogP contribution in [0.25, 0.3) is 0 Å². The van der Waals surface area contributed by atoms with E-state index in [9.17, 15) is 4.79 Å². The van der Waals surface area contributed by atoms with Crippen LogP contribution in [0, 0.1) is 0 Å². The number of ether oxygens (including phenoxy) is 2. The van der Waals surface area contributed by atoms with Gasteiger partial charge in [0.05, 0.1) is 13.2 Å². The van der Waals surface area contributed by atoms with Crippen molar-refractivity contribution in [3.05, 3.63) is 58.1 Å². The van der Waals surface area contributed by atoms with Crippen LogP contribution in [0.3, 0.4) is 0 Å². The van der Waals surface area contributed by atoms with Crippen molar-refractivity contribution < 1.29 is 14.3 Å². The average Bonchev–Trinajstić information content (AvgIpc) is 3.03. The Hall–Kier alpha value is -2.24. The number of fused-ring (bicyclic) bond motifs is 1. The van der Waals surface area contributed by atoms with Crippen LogP contribution >= 0.6 is 11.6 Å². The molecule has 0 saturated carbocycles. The molecule has 2 aromatic rings. The Balaban J connectivity index is 1.57. The molecule has 3 rings (SSSR count). The summed E-state index contributed by atoms with van der Waals surface area (Å²) in [5.41, 5.74) is 3.05. The lowest BCUT2D eigenvalue weighted by molar-refractivity contribution is -0.120. The van der Waals surface area contributed by atoms with Gasteiger partial charge in [0, 0.05) is 35.2 Å². The average molecular weight is 403 g/mol. The van der Waals surface area contributed by atoms with Gasteiger partial charge < -0.3 is 20.1 Å². The van der Waals surface area contributed by atoms with E-state index in [0.717, 1.165) is 34.6 Å². The number of rotatable bonds is 8. The van der Waals surface area contributed by atoms with E-state index >= 15 is 0 Å². The fourth-order valence-corrected chi connectivity index (χ4v) is 3.65. The first-order valence-electron chi connectivity index (χ1n) is 9.67. The first-order chi connectivity index (χ1) is 13.5. The summed E-state index contributed by atoms with van der Waals surface area (Å²) in [5.74, 6) is 1.60. The molecule has 0 spiro atoms. The van der Waals surface area contributed by atoms with Crippen LogP contribution in [0.2, 0.25) is 5.02 Å². The Bertz CT molecular complexity index is 841. The summed E-state index contributed by atoms with van der Waals surface area (Å²) in [6, 6.07) is 11.6. The van der Waals surface area contributed by atoms with Crippen molar-refractivity contribution >= 4 is 17.5 Å². The standard InChI is InChI=1S/C22H27ClN2O3/c1-4-27-20-10-16-9-14(2)28-21(16)11-17(20)12-25-22(26)13-24-15(3)18-7-5-6-8-19(18)23/h5-8,10-11,14-15,24H,4,9,12-13H2,1-3H3,(H,25,26)/t14-,15-/m0/s1. The monoisotopic (exact) mass is 402 g/mol. The second kappa shape index (κ2) is 9.30. The lowest BCUT2D eigenvalue weighted by Gasteiger charge is -2.16. The molecule has 6 heteroatoms. The van der Waals surface area contributed by atoms with Crippen LogP contribution in [0.1, 0.15) is 43.5 Å². The Morgan fingerprint density at radius 2 is 2.14 bits per heavy atom. The molecule has 150 valence electrons. The second-order valence-electron chi connectivity index (χ2n) is 7.03. The van der Waals surface area contributed by atoms with E-state index in [0.29, 0.717) is 18.2 Å². The third-order valence-corrected chi connectivity index (χ3v) is 5.14. The molecular weight excluding hydrogens is 376 g/mol. The van der Waals surface area contributed by atoms with Crippen molar-refractivity contribution in [3.8, 4) is 11.5 Å². The Morgan fingerprint density at radius 3 is 2.89 bits per heavy atom. The van der Waals surface area contributed by atoms with Gasteiger partial charge in [-0.3, -0.25) is 4.79 Å². The molecule has 1 heterocycles. The van der Waals surface area contributed by atoms with E-state index in [-0.39, 0.29) is 24.6 Å². The minimum atomic E-state index is -0.0869. The first kappa shape index (κ1) is 20.5. The van der Waals surface area contributed by atoms with Gasteiger partial charge in [0.25, 0.3) is 0 Å². The first-order valence-corrected chi connectivity index (χ1v) is 10.1. The lowest BCUT2D eigenvalue weighted by Crippen LogP contribution is -2.34. The molecule has 28 heavy (non-hydrogen) atoms. The number of hydrogen-bond acceptors (Lipinski definition) is 4. The second-order valence-corrected chi connectivity index (χ2v) is 7.44. The van der Waals surface area contributed by atoms with Crippen LogP contribution in [-0.4, -0.2) is 25.2 Å². The summed E-state index contributed by atoms with van der Waals surface area (Å²) in [7, 11) is 0. The normalized spacial score (nSPS) is 16.2. The number of nitrogens with one attached hydrogen (secondary N) is 2. The van der Waals surface area contributed by atoms with Crippen LogP contribution in [0.5, 0.6) is 11.5 Å². The maximum atomic E-state index is 12.3. The molecule has 1 aliphatic heterocycles. The van der Waals surface area contributed by atoms with Crippen molar-refractivity contribution in [2.75, 3.05) is 13.2 Å². The molecule has 2 aromatic carbocycles. The molecule has 1 aliphatic rings. The van der Waals surface area contributed by atoms with Gasteiger partial charge in [0.1, 0.15) is 17.6 Å². The topological polar surface area (TPSA) is 59.6 Å². The van der Waals surface area contributed by atoms with Crippen molar-refractivity contribution in [1.82, 2.24) is 10.6 Å². The fraction of sp³-hybridized carbons (Fsp3) is 0.409. The summed E-state index contributed by atoms with van der Waals surface area (Å²) in [5, 5.41) is 6.85. The highest BCUT2D eigenvalue weighted by atomic mass is 35.5. The molecule has 0 saturated heterocycles. The molecule has 0 aliphatic carbocycles. The highest BCUT2D eigenvalue weighted by molar-refractivity contribution is 6.31. The lowest BCUT2D eigenvalue weighted by atomic mass is 10.1. The van der Waals surface area contributed by atoms with Crippen LogP contribution in [0.15, 0.2) is 36.4 Å². The Morgan fingerprint density at radius 1 is 1.36 bits per heavy atom. The predicted octanol–water partition coefficient (Wildman–Crippen LogP) is 4.03. The summed E-state index contributed by atoms with van der Waals surface area (Å²) in [6.45, 7) is 7.16. The summed E-state index contributed by atoms with van der Waals surface area (Å²) < 4.78 is 11.6. The minimum absolute atomic E-state index is 0.0201. The smallest absolute Gasteiger partial charge is 0.234 e. The largest absolute Gasteiger partial charge is 0.494 e. The van der Waals surface area contributed by atoms with E-state index in [1.807, 2.05) is 57.2 Å². The molecule has 0 fully saturated rings. The number of benzene rings is 2. The van der Waals surface area contributed by atoms with Gasteiger partial charge in [0.2, 0.25) is 5.91 Å². The summed E-state index contributed by atoms with van der Waals surface area (Å²) in [4.78, 5) is 12.3. The van der Waals surface area contributed by atoms with E-state index < -0.39 is 0 Å². The number of halogens is 1. The van der Waals surface area contributed by atoms with E-state index in [1.165, 1.54) is 0 Å². The molecule has 0 bridgehead atoms. The highest BCUT2D eigenvalue weighted by Gasteiger charge is 2.22. The highest BCUT2D eigenvalue weighted by Crippen LogP contribution is 2.35. The van der Waals surface area contributed by atoms with Crippen molar-refractivity contribution in [3.63, 3.8) is 0 Å². The SMILES string of the molecule is CCOc1cc2c(cc1CNC(=O)CN[C@@H](C)c1ccccc1Cl)O[C@@H](C)C2. The molecule has 1 amide bonds. The number of carbonyl (C=O) groups excluding carboxylic acids is 1. The van der Waals surface area contributed by atoms with Crippen LogP contribution < -0.4 is 20.1 Å². The molecule has 0 radical (unpaired) electrons. The van der Waals surface area contributed by atoms with E-state index in [2.05, 4.69) is 10.6 Å². The van der Waals surface area contributed by atoms with Crippen molar-refractivity contribution in [2.24, 2.45) is 0 Å². The summed E-state index contributed by atoms with van der Waals surface area (Å²) in [6.07, 6.45) is 1.05. The molecular formula is C22H27ClN2O3. The van der Waals surface area contributed by atoms with Gasteiger partial charge in [-0.2, -0.15) is 0 Å². The zero-order valence-corrected chi connectivity index (χ0v) is 17.3. The third kappa shape index (κ3) is 4.97. The molecule has 0 unspecified atom stereocenters. The van der Waals surface area contributed by atoms with Gasteiger partial charge in [-0.05, 0) is 44.5 Å². The molecule has 2 N–H and O–H groups in total. The third-order valence-electron chi connectivity index (χ3n) is 4.80. The number of hydrogen-bond donors (Lipinski definition) is 2. The van der Waals surface area contributed by atoms with Gasteiger partial charge >= 0.3 is 0 Å². The molecule has 5 nitrogen and oxygen atoms in total. The van der Waals surface area contributed by atoms with Gasteiger partial charge in [-0.1, -0.05) is 29.8 Å². The summed E-state index contributed by atoms with van der Waals surface area (Å²) >= 11 is 6.21. The molecule has 0 aromatic heterocycles. The van der Waals surface area contributed by atoms with Crippen LogP contribution in [0.4, 0.5) is 0 Å². The predicted molar refractivity (Wildman–Crippen MR) is 111 cm³/mol. The zero-order chi connectivity index (χ0) is 20.1.